The van der Waals surface area contributed by atoms with Crippen LogP contribution < -0.4 is 0 Å². The molecule has 4 fully saturated rings. The van der Waals surface area contributed by atoms with Crippen LogP contribution in [0.25, 0.3) is 0 Å². The third-order valence-electron chi connectivity index (χ3n) is 16.3. The molecule has 2 aromatic rings. The van der Waals surface area contributed by atoms with Crippen LogP contribution in [-0.2, 0) is 17.6 Å². The van der Waals surface area contributed by atoms with Crippen LogP contribution in [0.4, 0.5) is 17.6 Å². The van der Waals surface area contributed by atoms with E-state index >= 15 is 17.6 Å². The Morgan fingerprint density at radius 3 is 0.949 bits per heavy atom. The van der Waals surface area contributed by atoms with E-state index < -0.39 is 23.3 Å². The van der Waals surface area contributed by atoms with Crippen molar-refractivity contribution in [2.45, 2.75) is 218 Å². The van der Waals surface area contributed by atoms with Crippen LogP contribution >= 0.6 is 0 Å². The van der Waals surface area contributed by atoms with E-state index in [2.05, 4.69) is 13.8 Å². The van der Waals surface area contributed by atoms with Crippen LogP contribution in [0.5, 0.6) is 0 Å². The lowest BCUT2D eigenvalue weighted by Crippen LogP contribution is -2.18. The zero-order valence-corrected chi connectivity index (χ0v) is 37.5. The van der Waals surface area contributed by atoms with Gasteiger partial charge in [0.05, 0.1) is 13.2 Å². The molecular formula is C54H82F4O. The van der Waals surface area contributed by atoms with Crippen molar-refractivity contribution in [3.05, 3.63) is 69.8 Å². The molecule has 0 bridgehead atoms. The van der Waals surface area contributed by atoms with E-state index in [1.165, 1.54) is 128 Å². The first kappa shape index (κ1) is 46.6. The van der Waals surface area contributed by atoms with E-state index in [1.54, 1.807) is 24.3 Å². The normalized spacial score (nSPS) is 27.9. The van der Waals surface area contributed by atoms with Crippen molar-refractivity contribution >= 4 is 0 Å². The summed E-state index contributed by atoms with van der Waals surface area (Å²) in [4.78, 5) is 0. The Bertz CT molecular complexity index is 1330. The molecule has 5 heteroatoms. The molecule has 0 amide bonds. The van der Waals surface area contributed by atoms with Gasteiger partial charge >= 0.3 is 0 Å². The summed E-state index contributed by atoms with van der Waals surface area (Å²) < 4.78 is 66.7. The number of halogens is 4. The highest BCUT2D eigenvalue weighted by atomic mass is 19.1. The summed E-state index contributed by atoms with van der Waals surface area (Å²) in [6.45, 7) is 4.78. The maximum atomic E-state index is 15.2. The fourth-order valence-electron chi connectivity index (χ4n) is 12.1. The number of hydrogen-bond donors (Lipinski definition) is 0. The molecule has 0 aromatic heterocycles. The largest absolute Gasteiger partial charge is 0.381 e. The molecule has 1 nitrogen and oxygen atoms in total. The summed E-state index contributed by atoms with van der Waals surface area (Å²) in [6.07, 6.45) is 36.6. The van der Waals surface area contributed by atoms with Crippen LogP contribution in [0, 0.1) is 58.8 Å². The van der Waals surface area contributed by atoms with E-state index in [-0.39, 0.29) is 49.0 Å². The Kier molecular flexibility index (Phi) is 19.5. The smallest absolute Gasteiger partial charge is 0.129 e. The Morgan fingerprint density at radius 1 is 0.390 bits per heavy atom. The van der Waals surface area contributed by atoms with Gasteiger partial charge in [0.2, 0.25) is 0 Å². The quantitative estimate of drug-likeness (QED) is 0.0849. The Balaban J connectivity index is 0.847. The first-order valence-electron chi connectivity index (χ1n) is 25.3. The van der Waals surface area contributed by atoms with Crippen LogP contribution in [0.1, 0.15) is 228 Å². The van der Waals surface area contributed by atoms with Crippen LogP contribution in [0.3, 0.4) is 0 Å². The Hall–Kier alpha value is -1.88. The van der Waals surface area contributed by atoms with Gasteiger partial charge in [-0.05, 0) is 134 Å². The van der Waals surface area contributed by atoms with Gasteiger partial charge in [-0.1, -0.05) is 142 Å². The molecule has 4 aliphatic rings. The predicted molar refractivity (Wildman–Crippen MR) is 238 cm³/mol. The fraction of sp³-hybridized carbons (Fsp3) is 0.778. The molecule has 0 aliphatic heterocycles. The number of hydrogen-bond acceptors (Lipinski definition) is 1. The lowest BCUT2D eigenvalue weighted by atomic mass is 9.74. The van der Waals surface area contributed by atoms with Crippen LogP contribution in [0.2, 0.25) is 0 Å². The van der Waals surface area contributed by atoms with Crippen molar-refractivity contribution in [3.8, 4) is 0 Å². The molecule has 4 aliphatic carbocycles. The molecule has 0 spiro atoms. The summed E-state index contributed by atoms with van der Waals surface area (Å²) in [5, 5.41) is 0. The summed E-state index contributed by atoms with van der Waals surface area (Å²) in [6, 6.07) is 6.18. The zero-order chi connectivity index (χ0) is 41.4. The van der Waals surface area contributed by atoms with Gasteiger partial charge in [0.25, 0.3) is 0 Å². The van der Waals surface area contributed by atoms with Crippen molar-refractivity contribution in [2.75, 3.05) is 13.2 Å². The third-order valence-corrected chi connectivity index (χ3v) is 16.3. The van der Waals surface area contributed by atoms with Gasteiger partial charge in [0, 0.05) is 24.0 Å². The molecule has 0 radical (unpaired) electrons. The molecule has 332 valence electrons. The first-order valence-corrected chi connectivity index (χ1v) is 25.3. The summed E-state index contributed by atoms with van der Waals surface area (Å²) in [5.41, 5.74) is 1.65. The Morgan fingerprint density at radius 2 is 0.661 bits per heavy atom. The number of ether oxygens (including phenoxy) is 1. The maximum absolute atomic E-state index is 15.2. The van der Waals surface area contributed by atoms with Gasteiger partial charge in [0.15, 0.2) is 0 Å². The van der Waals surface area contributed by atoms with Crippen molar-refractivity contribution in [3.63, 3.8) is 0 Å². The van der Waals surface area contributed by atoms with E-state index in [0.717, 1.165) is 98.0 Å². The van der Waals surface area contributed by atoms with Gasteiger partial charge < -0.3 is 4.74 Å². The van der Waals surface area contributed by atoms with E-state index in [1.807, 2.05) is 0 Å². The number of unbranched alkanes of at least 4 members (excludes halogenated alkanes) is 4. The molecule has 2 aromatic carbocycles. The lowest BCUT2D eigenvalue weighted by Gasteiger charge is -2.32. The lowest BCUT2D eigenvalue weighted by molar-refractivity contribution is 0.137. The average Bonchev–Trinajstić information content (AvgIpc) is 3.25. The van der Waals surface area contributed by atoms with E-state index in [0.29, 0.717) is 0 Å². The SMILES string of the molecule is CCCCCC1CCC(CCC2CCC(c3cc(F)c(CCOCCc4c(F)cc(C5CCC(CCC6CCC(CCCCC)CC6)CC5)cc4F)c(F)c3)CC2)CC1. The number of benzene rings is 2. The minimum absolute atomic E-state index is 0.0410. The topological polar surface area (TPSA) is 9.23 Å². The summed E-state index contributed by atoms with van der Waals surface area (Å²) >= 11 is 0. The maximum Gasteiger partial charge on any atom is 0.129 e. The van der Waals surface area contributed by atoms with Gasteiger partial charge in [-0.25, -0.2) is 17.6 Å². The number of rotatable bonds is 22. The minimum atomic E-state index is -0.506. The molecule has 59 heavy (non-hydrogen) atoms. The molecule has 4 saturated carbocycles. The molecule has 0 atom stereocenters. The van der Waals surface area contributed by atoms with Gasteiger partial charge in [-0.3, -0.25) is 0 Å². The van der Waals surface area contributed by atoms with Crippen molar-refractivity contribution in [1.82, 2.24) is 0 Å². The van der Waals surface area contributed by atoms with Gasteiger partial charge in [0.1, 0.15) is 23.3 Å². The molecule has 0 heterocycles. The average molecular weight is 823 g/mol. The molecular weight excluding hydrogens is 741 g/mol. The predicted octanol–water partition coefficient (Wildman–Crippen LogP) is 16.9. The summed E-state index contributed by atoms with van der Waals surface area (Å²) in [7, 11) is 0. The first-order chi connectivity index (χ1) is 28.8. The van der Waals surface area contributed by atoms with E-state index in [9.17, 15) is 0 Å². The standard InChI is InChI=1S/C54H82F4O/c1-3-5-7-9-39-11-15-41(16-12-39)19-21-43-23-27-45(28-24-43)47-35-51(55)49(52(56)36-47)31-33-59-34-32-50-53(57)37-48(38-54(50)58)46-29-25-44(26-30-46)22-20-42-17-13-40(14-18-42)10-8-6-4-2/h35-46H,3-34H2,1-2H3. The van der Waals surface area contributed by atoms with Crippen molar-refractivity contribution in [2.24, 2.45) is 35.5 Å². The van der Waals surface area contributed by atoms with E-state index in [4.69, 9.17) is 4.74 Å². The highest BCUT2D eigenvalue weighted by Crippen LogP contribution is 2.43. The van der Waals surface area contributed by atoms with Crippen LogP contribution in [-0.4, -0.2) is 13.2 Å². The fourth-order valence-corrected chi connectivity index (χ4v) is 12.1. The molecule has 0 saturated heterocycles. The monoisotopic (exact) mass is 823 g/mol. The molecule has 0 unspecified atom stereocenters. The second-order valence-electron chi connectivity index (χ2n) is 20.4. The molecule has 0 N–H and O–H groups in total. The summed E-state index contributed by atoms with van der Waals surface area (Å²) in [5.74, 6) is 3.64. The molecule has 6 rings (SSSR count). The Labute approximate surface area is 358 Å². The highest BCUT2D eigenvalue weighted by Gasteiger charge is 2.28. The third kappa shape index (κ3) is 14.6. The van der Waals surface area contributed by atoms with Crippen LogP contribution in [0.15, 0.2) is 24.3 Å². The zero-order valence-electron chi connectivity index (χ0n) is 37.5. The second-order valence-corrected chi connectivity index (χ2v) is 20.4. The van der Waals surface area contributed by atoms with Crippen molar-refractivity contribution < 1.29 is 22.3 Å². The highest BCUT2D eigenvalue weighted by molar-refractivity contribution is 5.30. The van der Waals surface area contributed by atoms with Crippen molar-refractivity contribution in [1.29, 1.82) is 0 Å². The van der Waals surface area contributed by atoms with Gasteiger partial charge in [-0.2, -0.15) is 0 Å². The minimum Gasteiger partial charge on any atom is -0.381 e. The second kappa shape index (κ2) is 24.7. The van der Waals surface area contributed by atoms with Gasteiger partial charge in [-0.15, -0.1) is 0 Å².